The van der Waals surface area contributed by atoms with E-state index >= 15 is 0 Å². The first-order valence-electron chi connectivity index (χ1n) is 18.7. The molecule has 11 atom stereocenters. The van der Waals surface area contributed by atoms with Crippen LogP contribution >= 0.6 is 0 Å². The SMILES string of the molecule is CCCCC1CC(CC2CC[NH2+]C(N)C2)CC2C#CC(C3CCCCC3)C3CC(O)C(OC)CC3CCC(=O)CC(=O)C2C1. The van der Waals surface area contributed by atoms with Gasteiger partial charge >= 0.3 is 0 Å². The third-order valence-electron chi connectivity index (χ3n) is 12.6. The Labute approximate surface area is 267 Å². The number of piperidine rings is 1. The Morgan fingerprint density at radius 2 is 1.73 bits per heavy atom. The number of ketones is 2. The molecular weight excluding hydrogens is 548 g/mol. The second-order valence-electron chi connectivity index (χ2n) is 15.8. The number of fused-ring (bicyclic) bond motifs is 2. The van der Waals surface area contributed by atoms with Gasteiger partial charge in [0.15, 0.2) is 0 Å². The molecule has 0 aromatic rings. The lowest BCUT2D eigenvalue weighted by atomic mass is 9.63. The number of nitrogens with two attached hydrogens (primary N) is 2. The summed E-state index contributed by atoms with van der Waals surface area (Å²) in [5.41, 5.74) is 6.38. The predicted molar refractivity (Wildman–Crippen MR) is 174 cm³/mol. The minimum Gasteiger partial charge on any atom is -0.390 e. The molecule has 0 radical (unpaired) electrons. The normalized spacial score (nSPS) is 41.2. The summed E-state index contributed by atoms with van der Waals surface area (Å²) in [6.07, 6.45) is 18.7. The van der Waals surface area contributed by atoms with Crippen molar-refractivity contribution in [2.24, 2.45) is 59.0 Å². The highest BCUT2D eigenvalue weighted by Gasteiger charge is 2.44. The van der Waals surface area contributed by atoms with Crippen LogP contribution in [-0.4, -0.2) is 48.7 Å². The number of ether oxygens (including phenoxy) is 1. The number of carbonyl (C=O) groups is 2. The van der Waals surface area contributed by atoms with Gasteiger partial charge in [-0.15, -0.1) is 0 Å². The standard InChI is InChI=1S/C38H62N2O4/c1-3-4-8-25-17-27(18-26-15-16-40-38(39)21-26)19-29-12-14-32(28-9-6-5-7-10-28)33-24-36(43)37(44-2)22-30(33)11-13-31(41)23-35(42)34(29)20-25/h25-30,32-34,36-38,40,43H,3-11,13,15-24,39H2,1-2H3/p+1. The lowest BCUT2D eigenvalue weighted by Gasteiger charge is -2.44. The highest BCUT2D eigenvalue weighted by molar-refractivity contribution is 6.00. The summed E-state index contributed by atoms with van der Waals surface area (Å²) < 4.78 is 5.72. The van der Waals surface area contributed by atoms with E-state index in [9.17, 15) is 14.7 Å². The maximum absolute atomic E-state index is 14.0. The number of Topliss-reactive ketones (excluding diaryl/α,β-unsaturated/α-hetero) is 2. The van der Waals surface area contributed by atoms with Crippen molar-refractivity contribution in [2.45, 2.75) is 147 Å². The van der Waals surface area contributed by atoms with Crippen molar-refractivity contribution in [1.29, 1.82) is 0 Å². The summed E-state index contributed by atoms with van der Waals surface area (Å²) in [7, 11) is 1.70. The Morgan fingerprint density at radius 3 is 2.48 bits per heavy atom. The van der Waals surface area contributed by atoms with Crippen molar-refractivity contribution >= 4 is 11.6 Å². The molecule has 0 bridgehead atoms. The van der Waals surface area contributed by atoms with Crippen molar-refractivity contribution in [3.05, 3.63) is 0 Å². The van der Waals surface area contributed by atoms with Gasteiger partial charge in [-0.1, -0.05) is 57.3 Å². The van der Waals surface area contributed by atoms with Gasteiger partial charge < -0.3 is 15.2 Å². The third kappa shape index (κ3) is 8.96. The highest BCUT2D eigenvalue weighted by atomic mass is 16.5. The molecule has 44 heavy (non-hydrogen) atoms. The Hall–Kier alpha value is -1.26. The molecule has 248 valence electrons. The summed E-state index contributed by atoms with van der Waals surface area (Å²) in [6, 6.07) is 0. The molecule has 0 aromatic heterocycles. The molecule has 5 rings (SSSR count). The lowest BCUT2D eigenvalue weighted by molar-refractivity contribution is -0.699. The highest BCUT2D eigenvalue weighted by Crippen LogP contribution is 2.46. The molecule has 4 aliphatic carbocycles. The van der Waals surface area contributed by atoms with Crippen molar-refractivity contribution in [1.82, 2.24) is 0 Å². The molecule has 6 nitrogen and oxygen atoms in total. The second-order valence-corrected chi connectivity index (χ2v) is 15.8. The minimum absolute atomic E-state index is 0.0277. The molecule has 4 fully saturated rings. The molecule has 5 aliphatic rings. The molecule has 5 N–H and O–H groups in total. The van der Waals surface area contributed by atoms with Crippen LogP contribution in [0.2, 0.25) is 0 Å². The van der Waals surface area contributed by atoms with E-state index in [1.165, 1.54) is 70.6 Å². The number of aliphatic hydroxyl groups is 1. The summed E-state index contributed by atoms with van der Waals surface area (Å²) >= 11 is 0. The molecule has 0 amide bonds. The molecule has 0 aromatic carbocycles. The Balaban J connectivity index is 1.49. The van der Waals surface area contributed by atoms with E-state index in [2.05, 4.69) is 24.1 Å². The van der Waals surface area contributed by atoms with Crippen LogP contribution in [0.25, 0.3) is 0 Å². The summed E-state index contributed by atoms with van der Waals surface area (Å²) in [4.78, 5) is 27.4. The number of aliphatic hydroxyl groups excluding tert-OH is 1. The van der Waals surface area contributed by atoms with E-state index in [1.807, 2.05) is 0 Å². The number of rotatable bonds is 7. The minimum atomic E-state index is -0.479. The van der Waals surface area contributed by atoms with Crippen molar-refractivity contribution < 1.29 is 24.7 Å². The van der Waals surface area contributed by atoms with E-state index in [1.54, 1.807) is 7.11 Å². The van der Waals surface area contributed by atoms with Crippen LogP contribution in [0.4, 0.5) is 0 Å². The number of hydrogen-bond acceptors (Lipinski definition) is 5. The van der Waals surface area contributed by atoms with Gasteiger partial charge in [0, 0.05) is 37.7 Å². The predicted octanol–water partition coefficient (Wildman–Crippen LogP) is 5.40. The average molecular weight is 612 g/mol. The van der Waals surface area contributed by atoms with Crippen LogP contribution in [0.1, 0.15) is 129 Å². The zero-order valence-corrected chi connectivity index (χ0v) is 27.9. The van der Waals surface area contributed by atoms with E-state index in [4.69, 9.17) is 10.5 Å². The molecule has 1 heterocycles. The first-order chi connectivity index (χ1) is 21.3. The zero-order chi connectivity index (χ0) is 31.1. The van der Waals surface area contributed by atoms with Gasteiger partial charge in [0.1, 0.15) is 17.7 Å². The van der Waals surface area contributed by atoms with Gasteiger partial charge in [-0.2, -0.15) is 0 Å². The summed E-state index contributed by atoms with van der Waals surface area (Å²) in [5.74, 6) is 11.1. The maximum Gasteiger partial charge on any atom is 0.144 e. The molecule has 3 saturated carbocycles. The van der Waals surface area contributed by atoms with Crippen LogP contribution in [0.3, 0.4) is 0 Å². The van der Waals surface area contributed by atoms with Crippen molar-refractivity contribution in [3.8, 4) is 11.8 Å². The monoisotopic (exact) mass is 611 g/mol. The van der Waals surface area contributed by atoms with Crippen molar-refractivity contribution in [2.75, 3.05) is 13.7 Å². The summed E-state index contributed by atoms with van der Waals surface area (Å²) in [6.45, 7) is 3.38. The van der Waals surface area contributed by atoms with E-state index in [0.29, 0.717) is 42.4 Å². The van der Waals surface area contributed by atoms with Crippen LogP contribution < -0.4 is 11.1 Å². The number of quaternary nitrogens is 1. The average Bonchev–Trinajstić information content (AvgIpc) is 3.18. The molecule has 1 aliphatic heterocycles. The fourth-order valence-corrected chi connectivity index (χ4v) is 10.3. The topological polar surface area (TPSA) is 106 Å². The zero-order valence-electron chi connectivity index (χ0n) is 27.9. The van der Waals surface area contributed by atoms with E-state index in [0.717, 1.165) is 38.6 Å². The molecular formula is C38H63N2O4+. The number of unbranched alkanes of at least 4 members (excludes halogenated alkanes) is 1. The van der Waals surface area contributed by atoms with Gasteiger partial charge in [0.25, 0.3) is 0 Å². The fourth-order valence-electron chi connectivity index (χ4n) is 10.3. The summed E-state index contributed by atoms with van der Waals surface area (Å²) in [5, 5.41) is 13.4. The van der Waals surface area contributed by atoms with Crippen molar-refractivity contribution in [3.63, 3.8) is 0 Å². The molecule has 0 spiro atoms. The molecule has 11 unspecified atom stereocenters. The Kier molecular flexibility index (Phi) is 12.8. The number of methoxy groups -OCH3 is 1. The van der Waals surface area contributed by atoms with Gasteiger partial charge in [-0.25, -0.2) is 0 Å². The van der Waals surface area contributed by atoms with Gasteiger partial charge in [-0.3, -0.25) is 15.3 Å². The first kappa shape index (κ1) is 34.1. The van der Waals surface area contributed by atoms with Gasteiger partial charge in [-0.05, 0) is 99.7 Å². The fraction of sp³-hybridized carbons (Fsp3) is 0.895. The lowest BCUT2D eigenvalue weighted by Crippen LogP contribution is -2.94. The molecule has 1 saturated heterocycles. The van der Waals surface area contributed by atoms with Crippen LogP contribution in [0, 0.1) is 65.1 Å². The Morgan fingerprint density at radius 1 is 0.909 bits per heavy atom. The van der Waals surface area contributed by atoms with E-state index in [-0.39, 0.29) is 53.9 Å². The largest absolute Gasteiger partial charge is 0.390 e. The van der Waals surface area contributed by atoms with Crippen LogP contribution in [-0.2, 0) is 14.3 Å². The molecule has 6 heteroatoms. The quantitative estimate of drug-likeness (QED) is 0.264. The van der Waals surface area contributed by atoms with E-state index < -0.39 is 6.10 Å². The van der Waals surface area contributed by atoms with Crippen LogP contribution in [0.5, 0.6) is 0 Å². The first-order valence-corrected chi connectivity index (χ1v) is 18.7. The second kappa shape index (κ2) is 16.5. The smallest absolute Gasteiger partial charge is 0.144 e. The van der Waals surface area contributed by atoms with Gasteiger partial charge in [0.05, 0.1) is 25.2 Å². The Bertz CT molecular complexity index is 999. The third-order valence-corrected chi connectivity index (χ3v) is 12.6. The number of hydrogen-bond donors (Lipinski definition) is 3. The van der Waals surface area contributed by atoms with Gasteiger partial charge in [0.2, 0.25) is 0 Å². The number of carbonyl (C=O) groups excluding carboxylic acids is 2. The maximum atomic E-state index is 14.0. The van der Waals surface area contributed by atoms with Crippen LogP contribution in [0.15, 0.2) is 0 Å².